The Morgan fingerprint density at radius 3 is 2.81 bits per heavy atom. The van der Waals surface area contributed by atoms with Gasteiger partial charge in [0.25, 0.3) is 0 Å². The van der Waals surface area contributed by atoms with E-state index in [1.807, 2.05) is 23.1 Å². The number of rotatable bonds is 2. The average molecular weight is 215 g/mol. The highest BCUT2D eigenvalue weighted by Crippen LogP contribution is 2.29. The Kier molecular flexibility index (Phi) is 2.82. The van der Waals surface area contributed by atoms with Gasteiger partial charge < -0.3 is 4.90 Å². The van der Waals surface area contributed by atoms with Crippen LogP contribution in [-0.4, -0.2) is 12.5 Å². The van der Waals surface area contributed by atoms with Gasteiger partial charge in [0.15, 0.2) is 0 Å². The fourth-order valence-electron chi connectivity index (χ4n) is 2.15. The van der Waals surface area contributed by atoms with Gasteiger partial charge in [-0.1, -0.05) is 18.2 Å². The molecule has 1 heterocycles. The molecule has 1 aliphatic rings. The van der Waals surface area contributed by atoms with Crippen molar-refractivity contribution in [1.82, 2.24) is 0 Å². The lowest BCUT2D eigenvalue weighted by molar-refractivity contribution is -0.117. The summed E-state index contributed by atoms with van der Waals surface area (Å²) >= 11 is 0. The molecule has 1 saturated heterocycles. The van der Waals surface area contributed by atoms with Gasteiger partial charge in [-0.25, -0.2) is 0 Å². The molecule has 84 valence electrons. The molecule has 1 amide bonds. The van der Waals surface area contributed by atoms with E-state index in [1.165, 1.54) is 11.1 Å². The first-order valence-electron chi connectivity index (χ1n) is 5.62. The number of anilines is 1. The minimum Gasteiger partial charge on any atom is -0.312 e. The number of amides is 1. The molecule has 2 heteroatoms. The van der Waals surface area contributed by atoms with E-state index in [1.54, 1.807) is 0 Å². The Morgan fingerprint density at radius 1 is 1.44 bits per heavy atom. The summed E-state index contributed by atoms with van der Waals surface area (Å²) in [6.07, 6.45) is 2.47. The van der Waals surface area contributed by atoms with Crippen molar-refractivity contribution in [3.63, 3.8) is 0 Å². The predicted molar refractivity (Wildman–Crippen MR) is 66.6 cm³/mol. The Morgan fingerprint density at radius 2 is 2.19 bits per heavy atom. The smallest absolute Gasteiger partial charge is 0.227 e. The van der Waals surface area contributed by atoms with Gasteiger partial charge in [-0.2, -0.15) is 0 Å². The molecule has 0 saturated carbocycles. The van der Waals surface area contributed by atoms with E-state index in [0.717, 1.165) is 12.2 Å². The van der Waals surface area contributed by atoms with Crippen LogP contribution in [0.5, 0.6) is 0 Å². The Bertz CT molecular complexity index is 436. The molecule has 1 fully saturated rings. The fraction of sp³-hybridized carbons (Fsp3) is 0.357. The molecular weight excluding hydrogens is 198 g/mol. The van der Waals surface area contributed by atoms with Crippen molar-refractivity contribution in [3.8, 4) is 0 Å². The molecule has 0 aliphatic carbocycles. The molecule has 1 aliphatic heterocycles. The molecule has 0 aromatic heterocycles. The average Bonchev–Trinajstić information content (AvgIpc) is 2.64. The van der Waals surface area contributed by atoms with E-state index in [9.17, 15) is 4.79 Å². The molecule has 2 rings (SSSR count). The van der Waals surface area contributed by atoms with Gasteiger partial charge in [0.1, 0.15) is 0 Å². The summed E-state index contributed by atoms with van der Waals surface area (Å²) in [5, 5.41) is 0. The van der Waals surface area contributed by atoms with E-state index in [2.05, 4.69) is 26.5 Å². The van der Waals surface area contributed by atoms with E-state index < -0.39 is 0 Å². The lowest BCUT2D eigenvalue weighted by atomic mass is 10.1. The molecule has 0 N–H and O–H groups in total. The van der Waals surface area contributed by atoms with Crippen molar-refractivity contribution in [2.24, 2.45) is 5.92 Å². The zero-order valence-corrected chi connectivity index (χ0v) is 9.86. The molecule has 0 bridgehead atoms. The highest BCUT2D eigenvalue weighted by atomic mass is 16.2. The van der Waals surface area contributed by atoms with Crippen LogP contribution in [0.4, 0.5) is 5.69 Å². The van der Waals surface area contributed by atoms with E-state index in [-0.39, 0.29) is 5.91 Å². The fourth-order valence-corrected chi connectivity index (χ4v) is 2.15. The first-order valence-corrected chi connectivity index (χ1v) is 5.62. The van der Waals surface area contributed by atoms with Crippen molar-refractivity contribution < 1.29 is 4.79 Å². The summed E-state index contributed by atoms with van der Waals surface area (Å²) < 4.78 is 0. The molecule has 1 aromatic rings. The summed E-state index contributed by atoms with van der Waals surface area (Å²) in [5.74, 6) is 0.506. The monoisotopic (exact) mass is 215 g/mol. The van der Waals surface area contributed by atoms with Gasteiger partial charge in [0.2, 0.25) is 5.91 Å². The van der Waals surface area contributed by atoms with Crippen LogP contribution in [0, 0.1) is 19.8 Å². The summed E-state index contributed by atoms with van der Waals surface area (Å²) in [4.78, 5) is 13.8. The van der Waals surface area contributed by atoms with Gasteiger partial charge in [0.05, 0.1) is 0 Å². The summed E-state index contributed by atoms with van der Waals surface area (Å²) in [5.41, 5.74) is 3.47. The van der Waals surface area contributed by atoms with Gasteiger partial charge >= 0.3 is 0 Å². The molecule has 16 heavy (non-hydrogen) atoms. The number of carbonyl (C=O) groups is 1. The van der Waals surface area contributed by atoms with E-state index >= 15 is 0 Å². The van der Waals surface area contributed by atoms with Crippen LogP contribution in [0.25, 0.3) is 0 Å². The van der Waals surface area contributed by atoms with Crippen LogP contribution in [-0.2, 0) is 4.79 Å². The van der Waals surface area contributed by atoms with Crippen LogP contribution in [0.1, 0.15) is 17.5 Å². The minimum absolute atomic E-state index is 0.207. The molecule has 1 unspecified atom stereocenters. The van der Waals surface area contributed by atoms with Crippen LogP contribution in [0.15, 0.2) is 30.9 Å². The van der Waals surface area contributed by atoms with Crippen LogP contribution < -0.4 is 4.90 Å². The summed E-state index contributed by atoms with van der Waals surface area (Å²) in [6.45, 7) is 8.68. The normalized spacial score (nSPS) is 20.2. The van der Waals surface area contributed by atoms with Crippen LogP contribution in [0.3, 0.4) is 0 Å². The second kappa shape index (κ2) is 4.12. The number of hydrogen-bond acceptors (Lipinski definition) is 1. The van der Waals surface area contributed by atoms with Crippen molar-refractivity contribution in [3.05, 3.63) is 42.0 Å². The third-order valence-electron chi connectivity index (χ3n) is 3.36. The van der Waals surface area contributed by atoms with Crippen LogP contribution in [0.2, 0.25) is 0 Å². The topological polar surface area (TPSA) is 20.3 Å². The van der Waals surface area contributed by atoms with Crippen molar-refractivity contribution in [2.75, 3.05) is 11.4 Å². The van der Waals surface area contributed by atoms with Gasteiger partial charge in [-0.3, -0.25) is 4.79 Å². The standard InChI is InChI=1S/C14H17NO/c1-4-12-8-14(16)15(9-12)13-7-5-6-10(2)11(13)3/h4-7,12H,1,8-9H2,2-3H3. The van der Waals surface area contributed by atoms with Crippen molar-refractivity contribution in [1.29, 1.82) is 0 Å². The quantitative estimate of drug-likeness (QED) is 0.695. The highest BCUT2D eigenvalue weighted by molar-refractivity contribution is 5.96. The number of carbonyl (C=O) groups excluding carboxylic acids is 1. The first kappa shape index (κ1) is 10.9. The maximum Gasteiger partial charge on any atom is 0.227 e. The Balaban J connectivity index is 2.35. The van der Waals surface area contributed by atoms with E-state index in [4.69, 9.17) is 0 Å². The third-order valence-corrected chi connectivity index (χ3v) is 3.36. The number of nitrogens with zero attached hydrogens (tertiary/aromatic N) is 1. The predicted octanol–water partition coefficient (Wildman–Crippen LogP) is 2.84. The van der Waals surface area contributed by atoms with E-state index in [0.29, 0.717) is 12.3 Å². The van der Waals surface area contributed by atoms with Crippen molar-refractivity contribution >= 4 is 11.6 Å². The summed E-state index contributed by atoms with van der Waals surface area (Å²) in [7, 11) is 0. The maximum atomic E-state index is 11.9. The summed E-state index contributed by atoms with van der Waals surface area (Å²) in [6, 6.07) is 6.10. The van der Waals surface area contributed by atoms with Gasteiger partial charge in [-0.05, 0) is 31.0 Å². The van der Waals surface area contributed by atoms with Crippen molar-refractivity contribution in [2.45, 2.75) is 20.3 Å². The lowest BCUT2D eigenvalue weighted by Gasteiger charge is -2.19. The second-order valence-corrected chi connectivity index (χ2v) is 4.42. The Labute approximate surface area is 96.6 Å². The molecule has 2 nitrogen and oxygen atoms in total. The second-order valence-electron chi connectivity index (χ2n) is 4.42. The molecular formula is C14H17NO. The first-order chi connectivity index (χ1) is 7.63. The van der Waals surface area contributed by atoms with Crippen LogP contribution >= 0.6 is 0 Å². The largest absolute Gasteiger partial charge is 0.312 e. The molecule has 0 radical (unpaired) electrons. The van der Waals surface area contributed by atoms with Gasteiger partial charge in [-0.15, -0.1) is 6.58 Å². The molecule has 0 spiro atoms. The number of benzene rings is 1. The molecule has 1 aromatic carbocycles. The highest BCUT2D eigenvalue weighted by Gasteiger charge is 2.29. The maximum absolute atomic E-state index is 11.9. The molecule has 1 atom stereocenters. The zero-order valence-electron chi connectivity index (χ0n) is 9.86. The zero-order chi connectivity index (χ0) is 11.7. The lowest BCUT2D eigenvalue weighted by Crippen LogP contribution is -2.25. The third kappa shape index (κ3) is 1.75. The minimum atomic E-state index is 0.207. The van der Waals surface area contributed by atoms with Gasteiger partial charge in [0, 0.05) is 24.6 Å². The SMILES string of the molecule is C=CC1CC(=O)N(c2cccc(C)c2C)C1. The number of hydrogen-bond donors (Lipinski definition) is 0. The number of aryl methyl sites for hydroxylation is 1. The Hall–Kier alpha value is -1.57.